The molecule has 0 bridgehead atoms. The first kappa shape index (κ1) is 11.6. The molecule has 2 heterocycles. The van der Waals surface area contributed by atoms with Crippen LogP contribution >= 0.6 is 11.3 Å². The van der Waals surface area contributed by atoms with Crippen LogP contribution in [0.15, 0.2) is 11.6 Å². The molecule has 2 aliphatic rings. The molecule has 1 aromatic rings. The Bertz CT molecular complexity index is 373. The summed E-state index contributed by atoms with van der Waals surface area (Å²) in [5, 5.41) is 7.01. The van der Waals surface area contributed by atoms with E-state index in [1.165, 1.54) is 37.1 Å². The van der Waals surface area contributed by atoms with Crippen molar-refractivity contribution in [2.24, 2.45) is 5.41 Å². The van der Waals surface area contributed by atoms with Crippen LogP contribution in [0.3, 0.4) is 0 Å². The molecule has 4 heteroatoms. The van der Waals surface area contributed by atoms with Gasteiger partial charge in [0.2, 0.25) is 0 Å². The predicted molar refractivity (Wildman–Crippen MR) is 69.2 cm³/mol. The van der Waals surface area contributed by atoms with Crippen molar-refractivity contribution < 1.29 is 4.74 Å². The summed E-state index contributed by atoms with van der Waals surface area (Å²) in [6, 6.07) is 0. The van der Waals surface area contributed by atoms with Crippen molar-refractivity contribution in [3.8, 4) is 0 Å². The average Bonchev–Trinajstić information content (AvgIpc) is 2.99. The van der Waals surface area contributed by atoms with Crippen molar-refractivity contribution in [1.29, 1.82) is 0 Å². The number of hydrogen-bond donors (Lipinski definition) is 1. The van der Waals surface area contributed by atoms with Gasteiger partial charge in [0, 0.05) is 24.8 Å². The number of ether oxygens (including phenoxy) is 1. The Balaban J connectivity index is 2.02. The normalized spacial score (nSPS) is 32.1. The molecule has 0 amide bonds. The fourth-order valence-electron chi connectivity index (χ4n) is 3.87. The molecule has 1 saturated carbocycles. The van der Waals surface area contributed by atoms with Crippen LogP contribution in [0.25, 0.3) is 0 Å². The minimum absolute atomic E-state index is 0.102. The standard InChI is InChI=1S/C13H20N2OS/c1-14-13(11-15-7-10-17-11)4-2-3-12(13)5-8-16-9-6-12/h7,10,14H,2-6,8-9H2,1H3. The molecule has 3 nitrogen and oxygen atoms in total. The van der Waals surface area contributed by atoms with E-state index in [0.717, 1.165) is 13.2 Å². The van der Waals surface area contributed by atoms with Crippen molar-refractivity contribution in [1.82, 2.24) is 10.3 Å². The molecule has 1 aliphatic carbocycles. The largest absolute Gasteiger partial charge is 0.381 e. The molecular weight excluding hydrogens is 232 g/mol. The molecule has 1 unspecified atom stereocenters. The highest BCUT2D eigenvalue weighted by molar-refractivity contribution is 7.09. The number of nitrogens with one attached hydrogen (secondary N) is 1. The zero-order valence-electron chi connectivity index (χ0n) is 10.4. The summed E-state index contributed by atoms with van der Waals surface area (Å²) in [5.41, 5.74) is 0.475. The molecule has 1 aliphatic heterocycles. The summed E-state index contributed by atoms with van der Waals surface area (Å²) in [6.45, 7) is 1.82. The minimum atomic E-state index is 0.102. The lowest BCUT2D eigenvalue weighted by Gasteiger charge is -2.47. The Morgan fingerprint density at radius 1 is 1.29 bits per heavy atom. The van der Waals surface area contributed by atoms with Crippen molar-refractivity contribution in [2.45, 2.75) is 37.6 Å². The highest BCUT2D eigenvalue weighted by Crippen LogP contribution is 2.57. The van der Waals surface area contributed by atoms with Crippen molar-refractivity contribution in [2.75, 3.05) is 20.3 Å². The topological polar surface area (TPSA) is 34.2 Å². The molecule has 3 rings (SSSR count). The van der Waals surface area contributed by atoms with E-state index in [0.29, 0.717) is 5.41 Å². The van der Waals surface area contributed by atoms with Gasteiger partial charge < -0.3 is 10.1 Å². The van der Waals surface area contributed by atoms with Gasteiger partial charge in [0.1, 0.15) is 5.01 Å². The maximum absolute atomic E-state index is 5.57. The van der Waals surface area contributed by atoms with Crippen molar-refractivity contribution in [3.05, 3.63) is 16.6 Å². The fourth-order valence-corrected chi connectivity index (χ4v) is 4.87. The van der Waals surface area contributed by atoms with E-state index >= 15 is 0 Å². The fraction of sp³-hybridized carbons (Fsp3) is 0.769. The summed E-state index contributed by atoms with van der Waals surface area (Å²) < 4.78 is 5.57. The van der Waals surface area contributed by atoms with E-state index in [1.807, 2.05) is 6.20 Å². The molecule has 1 spiro atoms. The molecule has 1 atom stereocenters. The first-order valence-corrected chi connectivity index (χ1v) is 7.38. The maximum atomic E-state index is 5.57. The first-order chi connectivity index (χ1) is 8.33. The SMILES string of the molecule is CNC1(c2nccs2)CCCC12CCOCC2. The second-order valence-electron chi connectivity index (χ2n) is 5.24. The van der Waals surface area contributed by atoms with Gasteiger partial charge in [-0.1, -0.05) is 6.42 Å². The zero-order valence-corrected chi connectivity index (χ0v) is 11.2. The van der Waals surface area contributed by atoms with Gasteiger partial charge in [-0.2, -0.15) is 0 Å². The molecule has 2 fully saturated rings. The molecule has 0 radical (unpaired) electrons. The van der Waals surface area contributed by atoms with Crippen molar-refractivity contribution >= 4 is 11.3 Å². The number of hydrogen-bond acceptors (Lipinski definition) is 4. The molecule has 1 N–H and O–H groups in total. The van der Waals surface area contributed by atoms with Crippen LogP contribution in [0, 0.1) is 5.41 Å². The lowest BCUT2D eigenvalue weighted by Crippen LogP contribution is -2.53. The van der Waals surface area contributed by atoms with Crippen LogP contribution < -0.4 is 5.32 Å². The Morgan fingerprint density at radius 3 is 2.76 bits per heavy atom. The third-order valence-corrected chi connectivity index (χ3v) is 5.72. The quantitative estimate of drug-likeness (QED) is 0.878. The van der Waals surface area contributed by atoms with Gasteiger partial charge in [0.15, 0.2) is 0 Å². The van der Waals surface area contributed by atoms with Crippen LogP contribution in [0.4, 0.5) is 0 Å². The molecule has 94 valence electrons. The van der Waals surface area contributed by atoms with Gasteiger partial charge in [-0.05, 0) is 38.1 Å². The van der Waals surface area contributed by atoms with Crippen LogP contribution in [-0.4, -0.2) is 25.2 Å². The third-order valence-electron chi connectivity index (χ3n) is 4.79. The van der Waals surface area contributed by atoms with Crippen LogP contribution in [0.5, 0.6) is 0 Å². The van der Waals surface area contributed by atoms with Crippen LogP contribution in [0.1, 0.15) is 37.1 Å². The van der Waals surface area contributed by atoms with Gasteiger partial charge in [-0.25, -0.2) is 4.98 Å². The third kappa shape index (κ3) is 1.58. The first-order valence-electron chi connectivity index (χ1n) is 6.50. The summed E-state index contributed by atoms with van der Waals surface area (Å²) in [5.74, 6) is 0. The Morgan fingerprint density at radius 2 is 2.12 bits per heavy atom. The highest BCUT2D eigenvalue weighted by Gasteiger charge is 2.56. The number of thiazole rings is 1. The maximum Gasteiger partial charge on any atom is 0.113 e. The van der Waals surface area contributed by atoms with Crippen molar-refractivity contribution in [3.63, 3.8) is 0 Å². The van der Waals surface area contributed by atoms with E-state index in [4.69, 9.17) is 4.74 Å². The summed E-state index contributed by atoms with van der Waals surface area (Å²) in [4.78, 5) is 4.61. The Labute approximate surface area is 107 Å². The van der Waals surface area contributed by atoms with Gasteiger partial charge >= 0.3 is 0 Å². The number of nitrogens with zero attached hydrogens (tertiary/aromatic N) is 1. The minimum Gasteiger partial charge on any atom is -0.381 e. The summed E-state index contributed by atoms with van der Waals surface area (Å²) in [7, 11) is 2.10. The molecule has 0 aromatic carbocycles. The summed E-state index contributed by atoms with van der Waals surface area (Å²) >= 11 is 1.80. The second kappa shape index (κ2) is 4.34. The van der Waals surface area contributed by atoms with E-state index in [-0.39, 0.29) is 5.54 Å². The van der Waals surface area contributed by atoms with Crippen LogP contribution in [-0.2, 0) is 10.3 Å². The zero-order chi connectivity index (χ0) is 11.8. The smallest absolute Gasteiger partial charge is 0.113 e. The number of rotatable bonds is 2. The second-order valence-corrected chi connectivity index (χ2v) is 6.13. The summed E-state index contributed by atoms with van der Waals surface area (Å²) in [6.07, 6.45) is 8.12. The van der Waals surface area contributed by atoms with E-state index < -0.39 is 0 Å². The van der Waals surface area contributed by atoms with E-state index in [1.54, 1.807) is 11.3 Å². The molecule has 1 aromatic heterocycles. The van der Waals surface area contributed by atoms with Gasteiger partial charge in [0.25, 0.3) is 0 Å². The van der Waals surface area contributed by atoms with Crippen LogP contribution in [0.2, 0.25) is 0 Å². The molecule has 17 heavy (non-hydrogen) atoms. The lowest BCUT2D eigenvalue weighted by atomic mass is 9.67. The van der Waals surface area contributed by atoms with Gasteiger partial charge in [0.05, 0.1) is 5.54 Å². The monoisotopic (exact) mass is 252 g/mol. The molecule has 1 saturated heterocycles. The Kier molecular flexibility index (Phi) is 2.97. The van der Waals surface area contributed by atoms with Gasteiger partial charge in [-0.3, -0.25) is 0 Å². The average molecular weight is 252 g/mol. The van der Waals surface area contributed by atoms with E-state index in [2.05, 4.69) is 22.7 Å². The Hall–Kier alpha value is -0.450. The highest BCUT2D eigenvalue weighted by atomic mass is 32.1. The number of aromatic nitrogens is 1. The van der Waals surface area contributed by atoms with E-state index in [9.17, 15) is 0 Å². The lowest BCUT2D eigenvalue weighted by molar-refractivity contribution is -0.0276. The van der Waals surface area contributed by atoms with Gasteiger partial charge in [-0.15, -0.1) is 11.3 Å². The molecular formula is C13H20N2OS. The predicted octanol–water partition coefficient (Wildman–Crippen LogP) is 2.54.